The molecule has 0 radical (unpaired) electrons. The van der Waals surface area contributed by atoms with E-state index in [9.17, 15) is 5.11 Å². The topological polar surface area (TPSA) is 58.3 Å². The van der Waals surface area contributed by atoms with Crippen LogP contribution in [0.5, 0.6) is 0 Å². The van der Waals surface area contributed by atoms with Gasteiger partial charge in [0.05, 0.1) is 6.10 Å². The standard InChI is InChI=1S/C18H32N2O/c1-17(2,3)13-18(4,5)20-12-16(21)15(19)11-14-9-7-6-8-10-14/h6-10,15-16,20-21H,11-13,19H2,1-5H3/t15-,16+/m0/s1. The third-order valence-corrected chi connectivity index (χ3v) is 3.57. The van der Waals surface area contributed by atoms with Gasteiger partial charge in [-0.3, -0.25) is 0 Å². The summed E-state index contributed by atoms with van der Waals surface area (Å²) in [6.07, 6.45) is 1.20. The van der Waals surface area contributed by atoms with Crippen LogP contribution in [0.25, 0.3) is 0 Å². The number of hydrogen-bond donors (Lipinski definition) is 3. The summed E-state index contributed by atoms with van der Waals surface area (Å²) >= 11 is 0. The van der Waals surface area contributed by atoms with Gasteiger partial charge in [-0.25, -0.2) is 0 Å². The van der Waals surface area contributed by atoms with Crippen molar-refractivity contribution in [3.05, 3.63) is 35.9 Å². The minimum absolute atomic E-state index is 0.00824. The second kappa shape index (κ2) is 7.39. The van der Waals surface area contributed by atoms with E-state index in [0.29, 0.717) is 13.0 Å². The van der Waals surface area contributed by atoms with Gasteiger partial charge < -0.3 is 16.2 Å². The molecule has 0 saturated heterocycles. The molecule has 0 spiro atoms. The minimum atomic E-state index is -0.538. The Morgan fingerprint density at radius 2 is 1.67 bits per heavy atom. The average molecular weight is 292 g/mol. The van der Waals surface area contributed by atoms with E-state index in [4.69, 9.17) is 5.73 Å². The van der Waals surface area contributed by atoms with Gasteiger partial charge in [-0.15, -0.1) is 0 Å². The molecule has 120 valence electrons. The summed E-state index contributed by atoms with van der Waals surface area (Å²) in [5.74, 6) is 0. The summed E-state index contributed by atoms with van der Waals surface area (Å²) < 4.78 is 0. The van der Waals surface area contributed by atoms with Gasteiger partial charge in [0.2, 0.25) is 0 Å². The van der Waals surface area contributed by atoms with E-state index in [1.54, 1.807) is 0 Å². The molecule has 1 aromatic rings. The molecule has 0 heterocycles. The first-order chi connectivity index (χ1) is 9.59. The van der Waals surface area contributed by atoms with E-state index >= 15 is 0 Å². The first kappa shape index (κ1) is 18.1. The van der Waals surface area contributed by atoms with Gasteiger partial charge in [0.25, 0.3) is 0 Å². The van der Waals surface area contributed by atoms with Crippen molar-refractivity contribution >= 4 is 0 Å². The van der Waals surface area contributed by atoms with E-state index in [1.165, 1.54) is 0 Å². The Kier molecular flexibility index (Phi) is 6.39. The van der Waals surface area contributed by atoms with Gasteiger partial charge in [-0.05, 0) is 37.7 Å². The number of aliphatic hydroxyl groups is 1. The second-order valence-corrected chi connectivity index (χ2v) is 7.92. The van der Waals surface area contributed by atoms with Crippen molar-refractivity contribution in [1.29, 1.82) is 0 Å². The average Bonchev–Trinajstić information content (AvgIpc) is 2.34. The Labute approximate surface area is 129 Å². The van der Waals surface area contributed by atoms with E-state index in [2.05, 4.69) is 39.9 Å². The zero-order valence-electron chi connectivity index (χ0n) is 14.2. The summed E-state index contributed by atoms with van der Waals surface area (Å²) in [4.78, 5) is 0. The van der Waals surface area contributed by atoms with Gasteiger partial charge in [-0.1, -0.05) is 51.1 Å². The van der Waals surface area contributed by atoms with Crippen LogP contribution in [-0.2, 0) is 6.42 Å². The van der Waals surface area contributed by atoms with Crippen molar-refractivity contribution in [2.75, 3.05) is 6.54 Å². The number of hydrogen-bond acceptors (Lipinski definition) is 3. The molecule has 3 nitrogen and oxygen atoms in total. The third kappa shape index (κ3) is 7.60. The zero-order chi connectivity index (χ0) is 16.1. The fourth-order valence-corrected chi connectivity index (χ4v) is 2.94. The molecule has 3 heteroatoms. The minimum Gasteiger partial charge on any atom is -0.390 e. The molecule has 0 fully saturated rings. The summed E-state index contributed by atoms with van der Waals surface area (Å²) in [6, 6.07) is 9.83. The van der Waals surface area contributed by atoms with Crippen LogP contribution in [0.15, 0.2) is 30.3 Å². The maximum atomic E-state index is 10.3. The quantitative estimate of drug-likeness (QED) is 0.724. The Balaban J connectivity index is 2.44. The van der Waals surface area contributed by atoms with Crippen LogP contribution in [0.1, 0.15) is 46.6 Å². The van der Waals surface area contributed by atoms with E-state index in [-0.39, 0.29) is 17.0 Å². The predicted molar refractivity (Wildman–Crippen MR) is 90.3 cm³/mol. The van der Waals surface area contributed by atoms with Crippen LogP contribution < -0.4 is 11.1 Å². The predicted octanol–water partition coefficient (Wildman–Crippen LogP) is 2.72. The monoisotopic (exact) mass is 292 g/mol. The van der Waals surface area contributed by atoms with Crippen molar-refractivity contribution in [3.8, 4) is 0 Å². The maximum absolute atomic E-state index is 10.3. The molecule has 2 atom stereocenters. The van der Waals surface area contributed by atoms with Gasteiger partial charge in [0, 0.05) is 18.1 Å². The van der Waals surface area contributed by atoms with Crippen LogP contribution in [0.4, 0.5) is 0 Å². The lowest BCUT2D eigenvalue weighted by molar-refractivity contribution is 0.123. The molecule has 1 aromatic carbocycles. The SMILES string of the molecule is CC(C)(C)CC(C)(C)NC[C@@H](O)[C@@H](N)Cc1ccccc1. The molecule has 0 aromatic heterocycles. The lowest BCUT2D eigenvalue weighted by atomic mass is 9.81. The smallest absolute Gasteiger partial charge is 0.0818 e. The largest absolute Gasteiger partial charge is 0.390 e. The zero-order valence-corrected chi connectivity index (χ0v) is 14.2. The summed E-state index contributed by atoms with van der Waals surface area (Å²) in [5, 5.41) is 13.7. The highest BCUT2D eigenvalue weighted by atomic mass is 16.3. The Morgan fingerprint density at radius 3 is 2.19 bits per heavy atom. The molecule has 4 N–H and O–H groups in total. The van der Waals surface area contributed by atoms with Crippen LogP contribution in [0.3, 0.4) is 0 Å². The Morgan fingerprint density at radius 1 is 1.10 bits per heavy atom. The van der Waals surface area contributed by atoms with Crippen molar-refractivity contribution in [2.45, 2.75) is 65.1 Å². The number of benzene rings is 1. The highest BCUT2D eigenvalue weighted by molar-refractivity contribution is 5.16. The molecule has 0 bridgehead atoms. The van der Waals surface area contributed by atoms with Crippen molar-refractivity contribution < 1.29 is 5.11 Å². The normalized spacial score (nSPS) is 15.8. The highest BCUT2D eigenvalue weighted by Gasteiger charge is 2.26. The molecule has 0 aliphatic carbocycles. The van der Waals surface area contributed by atoms with Crippen LogP contribution >= 0.6 is 0 Å². The van der Waals surface area contributed by atoms with Gasteiger partial charge in [0.1, 0.15) is 0 Å². The van der Waals surface area contributed by atoms with Crippen molar-refractivity contribution in [2.24, 2.45) is 11.1 Å². The second-order valence-electron chi connectivity index (χ2n) is 7.92. The van der Waals surface area contributed by atoms with E-state index in [1.807, 2.05) is 30.3 Å². The van der Waals surface area contributed by atoms with Crippen LogP contribution in [-0.4, -0.2) is 29.3 Å². The summed E-state index contributed by atoms with van der Waals surface area (Å²) in [7, 11) is 0. The van der Waals surface area contributed by atoms with Crippen LogP contribution in [0, 0.1) is 5.41 Å². The molecular formula is C18H32N2O. The fraction of sp³-hybridized carbons (Fsp3) is 0.667. The number of β-amino-alcohol motifs (C(OH)–C–C–N with tert-alkyl or cyclic N) is 1. The van der Waals surface area contributed by atoms with Gasteiger partial charge in [-0.2, -0.15) is 0 Å². The molecule has 0 amide bonds. The molecule has 0 aliphatic heterocycles. The molecular weight excluding hydrogens is 260 g/mol. The highest BCUT2D eigenvalue weighted by Crippen LogP contribution is 2.26. The summed E-state index contributed by atoms with van der Waals surface area (Å²) in [5.41, 5.74) is 7.53. The van der Waals surface area contributed by atoms with Gasteiger partial charge >= 0.3 is 0 Å². The summed E-state index contributed by atoms with van der Waals surface area (Å²) in [6.45, 7) is 11.6. The maximum Gasteiger partial charge on any atom is 0.0818 e. The lowest BCUT2D eigenvalue weighted by Crippen LogP contribution is -2.50. The fourth-order valence-electron chi connectivity index (χ4n) is 2.94. The Bertz CT molecular complexity index is 409. The number of aliphatic hydroxyl groups excluding tert-OH is 1. The third-order valence-electron chi connectivity index (χ3n) is 3.57. The van der Waals surface area contributed by atoms with Crippen molar-refractivity contribution in [1.82, 2.24) is 5.32 Å². The number of rotatable bonds is 7. The van der Waals surface area contributed by atoms with Gasteiger partial charge in [0.15, 0.2) is 0 Å². The first-order valence-electron chi connectivity index (χ1n) is 7.82. The van der Waals surface area contributed by atoms with E-state index in [0.717, 1.165) is 12.0 Å². The van der Waals surface area contributed by atoms with Crippen LogP contribution in [0.2, 0.25) is 0 Å². The number of nitrogens with two attached hydrogens (primary N) is 1. The Hall–Kier alpha value is -0.900. The number of nitrogens with one attached hydrogen (secondary N) is 1. The molecule has 1 rings (SSSR count). The molecule has 0 saturated carbocycles. The molecule has 21 heavy (non-hydrogen) atoms. The first-order valence-corrected chi connectivity index (χ1v) is 7.82. The lowest BCUT2D eigenvalue weighted by Gasteiger charge is -2.35. The molecule has 0 aliphatic rings. The van der Waals surface area contributed by atoms with E-state index < -0.39 is 6.10 Å². The van der Waals surface area contributed by atoms with Crippen molar-refractivity contribution in [3.63, 3.8) is 0 Å². The molecule has 0 unspecified atom stereocenters.